The molecule has 0 radical (unpaired) electrons. The summed E-state index contributed by atoms with van der Waals surface area (Å²) in [5, 5.41) is 0. The topological polar surface area (TPSA) is 31.2 Å². The van der Waals surface area contributed by atoms with Crippen molar-refractivity contribution in [2.24, 2.45) is 0 Å². The predicted molar refractivity (Wildman–Crippen MR) is 75.8 cm³/mol. The van der Waals surface area contributed by atoms with Crippen molar-refractivity contribution in [3.8, 4) is 5.75 Å². The van der Waals surface area contributed by atoms with E-state index in [2.05, 4.69) is 0 Å². The average Bonchev–Trinajstić information content (AvgIpc) is 2.71. The highest BCUT2D eigenvalue weighted by atomic mass is 16.5. The third-order valence-corrected chi connectivity index (χ3v) is 3.21. The van der Waals surface area contributed by atoms with Gasteiger partial charge in [0.1, 0.15) is 12.4 Å². The molecule has 0 amide bonds. The molecule has 0 N–H and O–H groups in total. The van der Waals surface area contributed by atoms with Gasteiger partial charge in [-0.05, 0) is 44.5 Å². The van der Waals surface area contributed by atoms with Crippen LogP contribution in [0, 0.1) is 13.8 Å². The minimum absolute atomic E-state index is 0.107. The summed E-state index contributed by atoms with van der Waals surface area (Å²) >= 11 is 0. The Morgan fingerprint density at radius 2 is 2.05 bits per heavy atom. The number of aryl methyl sites for hydroxylation is 1. The molecule has 1 heterocycles. The summed E-state index contributed by atoms with van der Waals surface area (Å²) < 4.78 is 7.76. The summed E-state index contributed by atoms with van der Waals surface area (Å²) in [5.41, 5.74) is 2.98. The summed E-state index contributed by atoms with van der Waals surface area (Å²) in [6.45, 7) is 6.94. The first kappa shape index (κ1) is 13.4. The molecule has 2 rings (SSSR count). The van der Waals surface area contributed by atoms with Crippen molar-refractivity contribution in [1.29, 1.82) is 0 Å². The smallest absolute Gasteiger partial charge is 0.161 e. The fourth-order valence-corrected chi connectivity index (χ4v) is 2.13. The van der Waals surface area contributed by atoms with Crippen molar-refractivity contribution >= 4 is 5.78 Å². The van der Waals surface area contributed by atoms with Gasteiger partial charge in [-0.25, -0.2) is 0 Å². The van der Waals surface area contributed by atoms with Crippen LogP contribution in [-0.4, -0.2) is 17.0 Å². The summed E-state index contributed by atoms with van der Waals surface area (Å²) in [7, 11) is 0. The van der Waals surface area contributed by atoms with Crippen LogP contribution in [0.15, 0.2) is 36.5 Å². The number of hydrogen-bond donors (Lipinski definition) is 0. The molecule has 0 saturated carbocycles. The Morgan fingerprint density at radius 1 is 1.26 bits per heavy atom. The van der Waals surface area contributed by atoms with Crippen molar-refractivity contribution in [2.75, 3.05) is 6.61 Å². The fourth-order valence-electron chi connectivity index (χ4n) is 2.13. The molecule has 100 valence electrons. The molecule has 0 unspecified atom stereocenters. The van der Waals surface area contributed by atoms with Crippen LogP contribution < -0.4 is 4.74 Å². The molecule has 0 aliphatic heterocycles. The van der Waals surface area contributed by atoms with Crippen LogP contribution in [0.2, 0.25) is 0 Å². The van der Waals surface area contributed by atoms with Crippen LogP contribution in [0.3, 0.4) is 0 Å². The number of ketones is 1. The average molecular weight is 257 g/mol. The number of carbonyl (C=O) groups excluding carboxylic acids is 1. The van der Waals surface area contributed by atoms with Gasteiger partial charge in [0.25, 0.3) is 0 Å². The zero-order chi connectivity index (χ0) is 13.8. The molecule has 3 heteroatoms. The maximum absolute atomic E-state index is 11.4. The molecule has 0 aliphatic rings. The second-order valence-electron chi connectivity index (χ2n) is 4.73. The lowest BCUT2D eigenvalue weighted by atomic mass is 10.2. The molecule has 1 aromatic carbocycles. The van der Waals surface area contributed by atoms with Crippen LogP contribution in [0.25, 0.3) is 0 Å². The van der Waals surface area contributed by atoms with Gasteiger partial charge in [-0.3, -0.25) is 4.79 Å². The molecular weight excluding hydrogens is 238 g/mol. The Balaban J connectivity index is 1.94. The number of rotatable bonds is 5. The van der Waals surface area contributed by atoms with Crippen LogP contribution in [-0.2, 0) is 6.54 Å². The highest BCUT2D eigenvalue weighted by Gasteiger charge is 2.08. The third-order valence-electron chi connectivity index (χ3n) is 3.21. The van der Waals surface area contributed by atoms with Crippen molar-refractivity contribution in [3.63, 3.8) is 0 Å². The zero-order valence-electron chi connectivity index (χ0n) is 11.6. The highest BCUT2D eigenvalue weighted by Crippen LogP contribution is 2.14. The van der Waals surface area contributed by atoms with Gasteiger partial charge in [-0.15, -0.1) is 0 Å². The van der Waals surface area contributed by atoms with Crippen molar-refractivity contribution in [2.45, 2.75) is 27.3 Å². The van der Waals surface area contributed by atoms with Gasteiger partial charge < -0.3 is 9.30 Å². The molecule has 0 saturated heterocycles. The number of hydrogen-bond acceptors (Lipinski definition) is 2. The van der Waals surface area contributed by atoms with Gasteiger partial charge in [0, 0.05) is 17.5 Å². The zero-order valence-corrected chi connectivity index (χ0v) is 11.6. The van der Waals surface area contributed by atoms with E-state index in [4.69, 9.17) is 4.74 Å². The Bertz CT molecular complexity index is 584. The van der Waals surface area contributed by atoms with Gasteiger partial charge in [-0.1, -0.05) is 12.1 Å². The van der Waals surface area contributed by atoms with Gasteiger partial charge in [0.2, 0.25) is 0 Å². The lowest BCUT2D eigenvalue weighted by molar-refractivity contribution is 0.101. The summed E-state index contributed by atoms with van der Waals surface area (Å²) in [6.07, 6.45) is 1.94. The van der Waals surface area contributed by atoms with E-state index >= 15 is 0 Å². The van der Waals surface area contributed by atoms with Gasteiger partial charge >= 0.3 is 0 Å². The van der Waals surface area contributed by atoms with Gasteiger partial charge in [-0.2, -0.15) is 0 Å². The highest BCUT2D eigenvalue weighted by molar-refractivity contribution is 5.95. The van der Waals surface area contributed by atoms with Crippen molar-refractivity contribution in [3.05, 3.63) is 53.3 Å². The van der Waals surface area contributed by atoms with Crippen molar-refractivity contribution < 1.29 is 9.53 Å². The van der Waals surface area contributed by atoms with Crippen LogP contribution in [0.5, 0.6) is 5.75 Å². The molecule has 0 spiro atoms. The summed E-state index contributed by atoms with van der Waals surface area (Å²) in [5.74, 6) is 0.993. The van der Waals surface area contributed by atoms with E-state index in [1.807, 2.05) is 54.9 Å². The minimum atomic E-state index is 0.107. The van der Waals surface area contributed by atoms with Crippen LogP contribution >= 0.6 is 0 Å². The standard InChI is InChI=1S/C16H19NO2/c1-12-5-4-6-15(11-12)19-10-9-17-8-7-16(13(17)2)14(3)18/h4-8,11H,9-10H2,1-3H3. The second-order valence-corrected chi connectivity index (χ2v) is 4.73. The Labute approximate surface area is 113 Å². The molecule has 0 fully saturated rings. The molecule has 19 heavy (non-hydrogen) atoms. The number of aromatic nitrogens is 1. The quantitative estimate of drug-likeness (QED) is 0.769. The van der Waals surface area contributed by atoms with Crippen LogP contribution in [0.4, 0.5) is 0 Å². The Hall–Kier alpha value is -2.03. The number of Topliss-reactive ketones (excluding diaryl/α,β-unsaturated/α-hetero) is 1. The lowest BCUT2D eigenvalue weighted by Gasteiger charge is -2.09. The van der Waals surface area contributed by atoms with Crippen LogP contribution in [0.1, 0.15) is 28.5 Å². The minimum Gasteiger partial charge on any atom is -0.492 e. The molecule has 0 bridgehead atoms. The van der Waals surface area contributed by atoms with E-state index in [-0.39, 0.29) is 5.78 Å². The van der Waals surface area contributed by atoms with Gasteiger partial charge in [0.05, 0.1) is 6.54 Å². The number of nitrogens with zero attached hydrogens (tertiary/aromatic N) is 1. The molecule has 0 atom stereocenters. The fraction of sp³-hybridized carbons (Fsp3) is 0.312. The first-order valence-corrected chi connectivity index (χ1v) is 6.44. The maximum Gasteiger partial charge on any atom is 0.161 e. The van der Waals surface area contributed by atoms with E-state index in [0.717, 1.165) is 23.6 Å². The number of ether oxygens (including phenoxy) is 1. The number of carbonyl (C=O) groups is 1. The first-order chi connectivity index (χ1) is 9.08. The van der Waals surface area contributed by atoms with E-state index < -0.39 is 0 Å². The molecule has 1 aromatic heterocycles. The van der Waals surface area contributed by atoms with Gasteiger partial charge in [0.15, 0.2) is 5.78 Å². The molecular formula is C16H19NO2. The van der Waals surface area contributed by atoms with E-state index in [1.54, 1.807) is 6.92 Å². The molecule has 2 aromatic rings. The SMILES string of the molecule is CC(=O)c1ccn(CCOc2cccc(C)c2)c1C. The number of benzene rings is 1. The predicted octanol–water partition coefficient (Wildman–Crippen LogP) is 3.39. The summed E-state index contributed by atoms with van der Waals surface area (Å²) in [6, 6.07) is 9.87. The normalized spacial score (nSPS) is 10.5. The monoisotopic (exact) mass is 257 g/mol. The van der Waals surface area contributed by atoms with Crippen molar-refractivity contribution in [1.82, 2.24) is 4.57 Å². The van der Waals surface area contributed by atoms with E-state index in [0.29, 0.717) is 6.61 Å². The molecule has 0 aliphatic carbocycles. The van der Waals surface area contributed by atoms with E-state index in [9.17, 15) is 4.79 Å². The lowest BCUT2D eigenvalue weighted by Crippen LogP contribution is -2.09. The molecule has 3 nitrogen and oxygen atoms in total. The third kappa shape index (κ3) is 3.25. The first-order valence-electron chi connectivity index (χ1n) is 6.44. The Morgan fingerprint density at radius 3 is 2.68 bits per heavy atom. The maximum atomic E-state index is 11.4. The summed E-state index contributed by atoms with van der Waals surface area (Å²) in [4.78, 5) is 11.4. The Kier molecular flexibility index (Phi) is 4.05. The second kappa shape index (κ2) is 5.74. The van der Waals surface area contributed by atoms with E-state index in [1.165, 1.54) is 5.56 Å². The largest absolute Gasteiger partial charge is 0.492 e.